The van der Waals surface area contributed by atoms with E-state index in [2.05, 4.69) is 50.4 Å². The van der Waals surface area contributed by atoms with Crippen molar-refractivity contribution in [3.05, 3.63) is 126 Å². The average Bonchev–Trinajstić information content (AvgIpc) is 2.04. The Hall–Kier alpha value is -5.71. The lowest BCUT2D eigenvalue weighted by Gasteiger charge is -2.36. The van der Waals surface area contributed by atoms with Crippen LogP contribution in [0.2, 0.25) is 0 Å². The lowest BCUT2D eigenvalue weighted by Crippen LogP contribution is -2.39. The van der Waals surface area contributed by atoms with Gasteiger partial charge in [-0.15, -0.1) is 0 Å². The van der Waals surface area contributed by atoms with E-state index < -0.39 is 27.4 Å². The summed E-state index contributed by atoms with van der Waals surface area (Å²) in [6.07, 6.45) is 22.3. The van der Waals surface area contributed by atoms with Gasteiger partial charge in [0.05, 0.1) is 33.7 Å². The fourth-order valence-corrected chi connectivity index (χ4v) is 10.6. The van der Waals surface area contributed by atoms with Gasteiger partial charge in [-0.1, -0.05) is 128 Å². The number of rotatable bonds is 18. The number of carbonyl (C=O) groups is 5. The smallest absolute Gasteiger partial charge is 0.312 e. The van der Waals surface area contributed by atoms with Crippen LogP contribution in [-0.4, -0.2) is 47.7 Å². The molecule has 4 aliphatic carbocycles. The summed E-state index contributed by atoms with van der Waals surface area (Å²) >= 11 is 0. The summed E-state index contributed by atoms with van der Waals surface area (Å²) in [5, 5.41) is 0. The highest BCUT2D eigenvalue weighted by Gasteiger charge is 2.45. The SMILES string of the molecule is C=CC1(OC(=O)C(C)(C)CC)CCCC1.C=CC1(OC(=O)C(C)(C)CC)CCCCC1.CCC(C)(C)C(=O)OC1(C)CCc2ccccc21.CCC(C)(C)C(=O)OC1(CC)CCc2ccccc21.CCC(C)(C)C(=O)OC1CCOc2ccccc21. The molecule has 0 saturated heterocycles. The summed E-state index contributed by atoms with van der Waals surface area (Å²) in [4.78, 5) is 60.8. The Balaban J connectivity index is 0.000000231. The monoisotopic (exact) mass is 1190 g/mol. The quantitative estimate of drug-likeness (QED) is 0.0683. The Kier molecular flexibility index (Phi) is 26.2. The van der Waals surface area contributed by atoms with Crippen molar-refractivity contribution in [2.45, 2.75) is 275 Å². The lowest BCUT2D eigenvalue weighted by molar-refractivity contribution is -0.173. The fourth-order valence-electron chi connectivity index (χ4n) is 10.6. The number of benzene rings is 3. The first-order valence-electron chi connectivity index (χ1n) is 32.6. The zero-order chi connectivity index (χ0) is 64.4. The second-order valence-corrected chi connectivity index (χ2v) is 28.0. The molecule has 0 spiro atoms. The molecule has 1 aliphatic heterocycles. The Bertz CT molecular complexity index is 2720. The third-order valence-electron chi connectivity index (χ3n) is 19.8. The number of esters is 5. The van der Waals surface area contributed by atoms with Crippen molar-refractivity contribution < 1.29 is 52.4 Å². The maximum Gasteiger partial charge on any atom is 0.312 e. The highest BCUT2D eigenvalue weighted by atomic mass is 16.6. The molecular formula is C75H112O11. The molecule has 11 heteroatoms. The fraction of sp³-hybridized carbons (Fsp3) is 0.640. The molecule has 1 heterocycles. The number of ether oxygens (including phenoxy) is 6. The topological polar surface area (TPSA) is 141 Å². The molecule has 2 saturated carbocycles. The number of fused-ring (bicyclic) bond motifs is 3. The minimum atomic E-state index is -0.444. The maximum atomic E-state index is 12.4. The van der Waals surface area contributed by atoms with Gasteiger partial charge in [0.15, 0.2) is 0 Å². The van der Waals surface area contributed by atoms with E-state index in [-0.39, 0.29) is 58.0 Å². The van der Waals surface area contributed by atoms with Gasteiger partial charge in [0, 0.05) is 12.0 Å². The molecule has 3 unspecified atom stereocenters. The van der Waals surface area contributed by atoms with Gasteiger partial charge in [0.2, 0.25) is 0 Å². The first-order valence-corrected chi connectivity index (χ1v) is 32.6. The molecule has 11 nitrogen and oxygen atoms in total. The third-order valence-corrected chi connectivity index (χ3v) is 19.8. The Morgan fingerprint density at radius 3 is 1.34 bits per heavy atom. The zero-order valence-electron chi connectivity index (χ0n) is 56.4. The molecular weight excluding hydrogens is 1080 g/mol. The van der Waals surface area contributed by atoms with Gasteiger partial charge in [0.25, 0.3) is 0 Å². The average molecular weight is 1190 g/mol. The van der Waals surface area contributed by atoms with Gasteiger partial charge in [-0.25, -0.2) is 0 Å². The Morgan fingerprint density at radius 1 is 0.488 bits per heavy atom. The first kappa shape index (κ1) is 72.8. The molecule has 8 rings (SSSR count). The van der Waals surface area contributed by atoms with Gasteiger partial charge in [-0.2, -0.15) is 0 Å². The van der Waals surface area contributed by atoms with E-state index in [1.165, 1.54) is 28.7 Å². The van der Waals surface area contributed by atoms with Gasteiger partial charge in [-0.05, 0) is 232 Å². The van der Waals surface area contributed by atoms with Crippen LogP contribution in [-0.2, 0) is 71.7 Å². The second-order valence-electron chi connectivity index (χ2n) is 28.0. The van der Waals surface area contributed by atoms with Crippen LogP contribution >= 0.6 is 0 Å². The van der Waals surface area contributed by atoms with Crippen molar-refractivity contribution in [2.24, 2.45) is 27.1 Å². The maximum absolute atomic E-state index is 12.4. The molecule has 3 atom stereocenters. The first-order chi connectivity index (χ1) is 40.3. The zero-order valence-corrected chi connectivity index (χ0v) is 56.4. The molecule has 0 aromatic heterocycles. The minimum Gasteiger partial charge on any atom is -0.493 e. The predicted molar refractivity (Wildman–Crippen MR) is 346 cm³/mol. The summed E-state index contributed by atoms with van der Waals surface area (Å²) in [6.45, 7) is 41.8. The van der Waals surface area contributed by atoms with Crippen LogP contribution in [0, 0.1) is 27.1 Å². The van der Waals surface area contributed by atoms with E-state index in [9.17, 15) is 24.0 Å². The minimum absolute atomic E-state index is 0.0754. The van der Waals surface area contributed by atoms with Crippen molar-refractivity contribution in [3.8, 4) is 5.75 Å². The molecule has 5 aliphatic rings. The van der Waals surface area contributed by atoms with E-state index in [4.69, 9.17) is 28.4 Å². The van der Waals surface area contributed by atoms with Crippen molar-refractivity contribution >= 4 is 29.8 Å². The number of hydrogen-bond acceptors (Lipinski definition) is 11. The van der Waals surface area contributed by atoms with E-state index in [1.54, 1.807) is 0 Å². The standard InChI is InChI=1S/C17H24O2.C16H22O2.C15H20O3.C14H24O2.C13H22O2/c1-5-16(3,4)15(18)19-17(6-2)12-11-13-9-7-8-10-14(13)17;1-5-15(2,3)14(17)18-16(4)11-10-12-8-6-7-9-13(12)16;1-4-15(2,3)14(16)18-13-9-10-17-12-8-6-5-7-11(12)13;1-5-13(3,4)12(15)16-14(6-2)10-8-7-9-11-14;1-5-12(3,4)11(14)15-13(6-2)9-7-8-10-13/h7-10H,5-6,11-12H2,1-4H3;6-9H,5,10-11H2,1-4H3;5-8,13H,4,9-10H2,1-3H3;6H,2,5,7-11H2,1,3-4H3;6H,2,5,7-10H2,1,3-4H3. The van der Waals surface area contributed by atoms with E-state index in [1.807, 2.05) is 165 Å². The molecule has 478 valence electrons. The molecule has 86 heavy (non-hydrogen) atoms. The van der Waals surface area contributed by atoms with Gasteiger partial charge in [0.1, 0.15) is 34.3 Å². The third kappa shape index (κ3) is 18.7. The molecule has 0 amide bonds. The van der Waals surface area contributed by atoms with Crippen LogP contribution in [0.1, 0.15) is 267 Å². The van der Waals surface area contributed by atoms with Crippen LogP contribution < -0.4 is 4.74 Å². The van der Waals surface area contributed by atoms with Gasteiger partial charge in [-0.3, -0.25) is 24.0 Å². The summed E-state index contributed by atoms with van der Waals surface area (Å²) in [5.74, 6) is 0.351. The van der Waals surface area contributed by atoms with Crippen molar-refractivity contribution in [1.29, 1.82) is 0 Å². The predicted octanol–water partition coefficient (Wildman–Crippen LogP) is 18.9. The van der Waals surface area contributed by atoms with Gasteiger partial charge < -0.3 is 28.4 Å². The van der Waals surface area contributed by atoms with Crippen LogP contribution in [0.4, 0.5) is 0 Å². The molecule has 2 fully saturated rings. The Labute approximate surface area is 519 Å². The van der Waals surface area contributed by atoms with Crippen LogP contribution in [0.25, 0.3) is 0 Å². The van der Waals surface area contributed by atoms with Crippen LogP contribution in [0.3, 0.4) is 0 Å². The normalized spacial score (nSPS) is 20.8. The van der Waals surface area contributed by atoms with Crippen LogP contribution in [0.15, 0.2) is 98.1 Å². The second kappa shape index (κ2) is 31.0. The summed E-state index contributed by atoms with van der Waals surface area (Å²) in [6, 6.07) is 24.4. The van der Waals surface area contributed by atoms with E-state index in [0.717, 1.165) is 133 Å². The lowest BCUT2D eigenvalue weighted by atomic mass is 9.83. The van der Waals surface area contributed by atoms with Crippen molar-refractivity contribution in [3.63, 3.8) is 0 Å². The number of para-hydroxylation sites is 1. The molecule has 0 radical (unpaired) electrons. The number of carbonyl (C=O) groups excluding carboxylic acids is 5. The van der Waals surface area contributed by atoms with Crippen molar-refractivity contribution in [2.75, 3.05) is 6.61 Å². The molecule has 0 bridgehead atoms. The Morgan fingerprint density at radius 2 is 0.872 bits per heavy atom. The highest BCUT2D eigenvalue weighted by molar-refractivity contribution is 5.78. The summed E-state index contributed by atoms with van der Waals surface area (Å²) in [5.41, 5.74) is 2.39. The van der Waals surface area contributed by atoms with Gasteiger partial charge >= 0.3 is 29.8 Å². The summed E-state index contributed by atoms with van der Waals surface area (Å²) in [7, 11) is 0. The molecule has 3 aromatic rings. The number of aryl methyl sites for hydroxylation is 2. The summed E-state index contributed by atoms with van der Waals surface area (Å²) < 4.78 is 34.4. The van der Waals surface area contributed by atoms with Crippen molar-refractivity contribution in [1.82, 2.24) is 0 Å². The largest absolute Gasteiger partial charge is 0.493 e. The molecule has 3 aromatic carbocycles. The van der Waals surface area contributed by atoms with E-state index >= 15 is 0 Å². The van der Waals surface area contributed by atoms with Crippen LogP contribution in [0.5, 0.6) is 5.75 Å². The molecule has 0 N–H and O–H groups in total. The highest BCUT2D eigenvalue weighted by Crippen LogP contribution is 2.45. The van der Waals surface area contributed by atoms with E-state index in [0.29, 0.717) is 6.61 Å². The number of hydrogen-bond donors (Lipinski definition) is 0.